The number of benzene rings is 1. The van der Waals surface area contributed by atoms with E-state index in [-0.39, 0.29) is 16.7 Å². The monoisotopic (exact) mass is 431 g/mol. The van der Waals surface area contributed by atoms with Crippen molar-refractivity contribution in [3.8, 4) is 0 Å². The van der Waals surface area contributed by atoms with Crippen molar-refractivity contribution in [2.24, 2.45) is 23.2 Å². The summed E-state index contributed by atoms with van der Waals surface area (Å²) in [5.41, 5.74) is 3.44. The van der Waals surface area contributed by atoms with Gasteiger partial charge < -0.3 is 0 Å². The van der Waals surface area contributed by atoms with Crippen LogP contribution in [0.4, 0.5) is 0 Å². The van der Waals surface area contributed by atoms with Gasteiger partial charge in [0, 0.05) is 6.42 Å². The molecule has 0 spiro atoms. The Balaban J connectivity index is 1.52. The molecule has 7 heteroatoms. The van der Waals surface area contributed by atoms with E-state index in [0.717, 1.165) is 18.4 Å². The van der Waals surface area contributed by atoms with E-state index in [2.05, 4.69) is 19.9 Å². The molecule has 0 unspecified atom stereocenters. The average molecular weight is 432 g/mol. The number of hydrogen-bond acceptors (Lipinski definition) is 5. The van der Waals surface area contributed by atoms with E-state index in [1.165, 1.54) is 5.57 Å². The lowest BCUT2D eigenvalue weighted by molar-refractivity contribution is -0.164. The summed E-state index contributed by atoms with van der Waals surface area (Å²) in [7, 11) is -4.30. The van der Waals surface area contributed by atoms with Crippen molar-refractivity contribution in [2.45, 2.75) is 65.2 Å². The first-order valence-electron chi connectivity index (χ1n) is 10.5. The number of nitrogens with zero attached hydrogens (tertiary/aromatic N) is 1. The molecule has 1 aromatic rings. The van der Waals surface area contributed by atoms with E-state index in [1.807, 2.05) is 6.92 Å². The number of carbonyl (C=O) groups is 2. The molecule has 4 aliphatic rings. The van der Waals surface area contributed by atoms with Crippen molar-refractivity contribution < 1.29 is 22.3 Å². The molecule has 0 aromatic heterocycles. The normalized spacial score (nSPS) is 27.8. The largest absolute Gasteiger partial charge is 0.318 e. The lowest BCUT2D eigenvalue weighted by Crippen LogP contribution is -2.48. The third kappa shape index (κ3) is 3.32. The maximum absolute atomic E-state index is 12.9. The zero-order valence-electron chi connectivity index (χ0n) is 18.2. The van der Waals surface area contributed by atoms with Crippen LogP contribution in [0, 0.1) is 43.9 Å². The Morgan fingerprint density at radius 3 is 2.33 bits per heavy atom. The number of aryl methyl sites for hydroxylation is 3. The molecule has 3 aliphatic carbocycles. The van der Waals surface area contributed by atoms with Gasteiger partial charge in [0.25, 0.3) is 11.8 Å². The first-order chi connectivity index (χ1) is 13.9. The third-order valence-electron chi connectivity index (χ3n) is 7.29. The van der Waals surface area contributed by atoms with E-state index < -0.39 is 27.9 Å². The molecule has 2 bridgehead atoms. The minimum atomic E-state index is -4.30. The summed E-state index contributed by atoms with van der Waals surface area (Å²) in [6.07, 6.45) is 4.83. The van der Waals surface area contributed by atoms with E-state index in [4.69, 9.17) is 4.28 Å². The van der Waals surface area contributed by atoms with Crippen LogP contribution in [-0.2, 0) is 24.0 Å². The summed E-state index contributed by atoms with van der Waals surface area (Å²) in [4.78, 5) is 25.4. The van der Waals surface area contributed by atoms with Crippen molar-refractivity contribution >= 4 is 21.9 Å². The van der Waals surface area contributed by atoms with Crippen molar-refractivity contribution in [1.82, 2.24) is 5.06 Å². The fourth-order valence-electron chi connectivity index (χ4n) is 5.60. The maximum atomic E-state index is 12.9. The molecule has 30 heavy (non-hydrogen) atoms. The molecule has 0 N–H and O–H groups in total. The summed E-state index contributed by atoms with van der Waals surface area (Å²) < 4.78 is 30.9. The number of rotatable bonds is 5. The fraction of sp³-hybridized carbons (Fsp3) is 0.565. The van der Waals surface area contributed by atoms with Crippen LogP contribution < -0.4 is 0 Å². The van der Waals surface area contributed by atoms with Crippen molar-refractivity contribution in [3.63, 3.8) is 0 Å². The average Bonchev–Trinajstić information content (AvgIpc) is 2.87. The van der Waals surface area contributed by atoms with Crippen LogP contribution in [0.5, 0.6) is 0 Å². The van der Waals surface area contributed by atoms with Gasteiger partial charge in [0.2, 0.25) is 0 Å². The lowest BCUT2D eigenvalue weighted by Gasteiger charge is -2.56. The summed E-state index contributed by atoms with van der Waals surface area (Å²) in [5.74, 6) is -0.592. The van der Waals surface area contributed by atoms with Crippen LogP contribution in [0.25, 0.3) is 0 Å². The molecule has 0 radical (unpaired) electrons. The Bertz CT molecular complexity index is 1050. The number of carbonyl (C=O) groups excluding carboxylic acids is 2. The van der Waals surface area contributed by atoms with Crippen LogP contribution >= 0.6 is 0 Å². The summed E-state index contributed by atoms with van der Waals surface area (Å²) in [6.45, 7) is 9.75. The van der Waals surface area contributed by atoms with Crippen LogP contribution in [0.2, 0.25) is 0 Å². The summed E-state index contributed by atoms with van der Waals surface area (Å²) in [6, 6.07) is 3.48. The second kappa shape index (κ2) is 7.02. The molecule has 1 saturated carbocycles. The molecule has 1 aromatic carbocycles. The Morgan fingerprint density at radius 1 is 1.13 bits per heavy atom. The first-order valence-corrected chi connectivity index (χ1v) is 11.9. The maximum Gasteiger partial charge on any atom is 0.318 e. The van der Waals surface area contributed by atoms with Gasteiger partial charge in [-0.1, -0.05) is 43.2 Å². The summed E-state index contributed by atoms with van der Waals surface area (Å²) in [5, 5.41) is 0.469. The Labute approximate surface area is 178 Å². The van der Waals surface area contributed by atoms with Gasteiger partial charge in [-0.3, -0.25) is 9.59 Å². The lowest BCUT2D eigenvalue weighted by atomic mass is 9.48. The quantitative estimate of drug-likeness (QED) is 0.520. The highest BCUT2D eigenvalue weighted by Gasteiger charge is 2.52. The molecule has 1 heterocycles. The van der Waals surface area contributed by atoms with Crippen LogP contribution in [0.1, 0.15) is 56.2 Å². The zero-order chi connectivity index (χ0) is 22.0. The van der Waals surface area contributed by atoms with Gasteiger partial charge in [-0.05, 0) is 68.4 Å². The molecule has 2 amide bonds. The van der Waals surface area contributed by atoms with Gasteiger partial charge in [0.15, 0.2) is 0 Å². The van der Waals surface area contributed by atoms with Crippen molar-refractivity contribution in [2.75, 3.05) is 0 Å². The molecule has 1 saturated heterocycles. The minimum Gasteiger partial charge on any atom is -0.272 e. The van der Waals surface area contributed by atoms with Gasteiger partial charge in [0.1, 0.15) is 4.90 Å². The van der Waals surface area contributed by atoms with E-state index in [9.17, 15) is 18.0 Å². The smallest absolute Gasteiger partial charge is 0.272 e. The van der Waals surface area contributed by atoms with E-state index in [1.54, 1.807) is 26.0 Å². The number of amides is 2. The molecule has 5 rings (SSSR count). The van der Waals surface area contributed by atoms with Gasteiger partial charge in [-0.25, -0.2) is 0 Å². The van der Waals surface area contributed by atoms with Gasteiger partial charge in [0.05, 0.1) is 5.92 Å². The van der Waals surface area contributed by atoms with Crippen LogP contribution in [-0.4, -0.2) is 25.3 Å². The van der Waals surface area contributed by atoms with E-state index in [0.29, 0.717) is 34.4 Å². The highest BCUT2D eigenvalue weighted by atomic mass is 32.2. The predicted molar refractivity (Wildman–Crippen MR) is 112 cm³/mol. The molecule has 1 aliphatic heterocycles. The van der Waals surface area contributed by atoms with Crippen molar-refractivity contribution in [1.29, 1.82) is 0 Å². The molecule has 6 nitrogen and oxygen atoms in total. The second-order valence-electron chi connectivity index (χ2n) is 9.71. The summed E-state index contributed by atoms with van der Waals surface area (Å²) >= 11 is 0. The van der Waals surface area contributed by atoms with Crippen LogP contribution in [0.15, 0.2) is 28.7 Å². The highest BCUT2D eigenvalue weighted by molar-refractivity contribution is 7.86. The standard InChI is InChI=1S/C23H29NO5S/c1-13-8-14(2)21(15(3)9-13)30(27,28)29-24-20(25)11-17(22(24)26)10-16-6-7-18-12-19(16)23(18,4)5/h6,8-9,17-19H,7,10-12H2,1-5H3/t17-,18+,19-/m1/s1. The number of fused-ring (bicyclic) bond motifs is 1. The highest BCUT2D eigenvalue weighted by Crippen LogP contribution is 2.60. The SMILES string of the molecule is Cc1cc(C)c(S(=O)(=O)ON2C(=O)C[C@@H](CC3=CC[C@H]4C[C@H]3C4(C)C)C2=O)c(C)c1. The Morgan fingerprint density at radius 2 is 1.77 bits per heavy atom. The Kier molecular flexibility index (Phi) is 4.97. The minimum absolute atomic E-state index is 0.00870. The third-order valence-corrected chi connectivity index (χ3v) is 8.78. The van der Waals surface area contributed by atoms with Gasteiger partial charge >= 0.3 is 10.1 Å². The number of hydrogen-bond donors (Lipinski definition) is 0. The molecular weight excluding hydrogens is 402 g/mol. The molecule has 2 fully saturated rings. The van der Waals surface area contributed by atoms with Crippen molar-refractivity contribution in [3.05, 3.63) is 40.5 Å². The number of imide groups is 1. The van der Waals surface area contributed by atoms with Crippen LogP contribution in [0.3, 0.4) is 0 Å². The van der Waals surface area contributed by atoms with Gasteiger partial charge in [-0.15, -0.1) is 9.35 Å². The first kappa shape index (κ1) is 21.2. The predicted octanol–water partition coefficient (Wildman–Crippen LogP) is 3.99. The zero-order valence-corrected chi connectivity index (χ0v) is 19.0. The topological polar surface area (TPSA) is 80.8 Å². The fourth-order valence-corrected chi connectivity index (χ4v) is 6.93. The Hall–Kier alpha value is -1.99. The number of allylic oxidation sites excluding steroid dienone is 2. The van der Waals surface area contributed by atoms with Gasteiger partial charge in [-0.2, -0.15) is 8.42 Å². The molecule has 162 valence electrons. The second-order valence-corrected chi connectivity index (χ2v) is 11.2. The van der Waals surface area contributed by atoms with E-state index >= 15 is 0 Å². The molecule has 3 atom stereocenters. The number of hydroxylamine groups is 2. The molecular formula is C23H29NO5S.